The van der Waals surface area contributed by atoms with Gasteiger partial charge in [0.25, 0.3) is 0 Å². The van der Waals surface area contributed by atoms with E-state index < -0.39 is 0 Å². The van der Waals surface area contributed by atoms with Crippen molar-refractivity contribution in [2.24, 2.45) is 5.73 Å². The molecule has 500 valence electrons. The van der Waals surface area contributed by atoms with E-state index >= 15 is 0 Å². The van der Waals surface area contributed by atoms with Crippen molar-refractivity contribution in [3.63, 3.8) is 0 Å². The molecule has 3 unspecified atom stereocenters. The molecule has 10 nitrogen and oxygen atoms in total. The van der Waals surface area contributed by atoms with Gasteiger partial charge in [-0.3, -0.25) is 0 Å². The van der Waals surface area contributed by atoms with Crippen LogP contribution >= 0.6 is 46.2 Å². The Morgan fingerprint density at radius 2 is 1.09 bits per heavy atom. The van der Waals surface area contributed by atoms with Crippen LogP contribution in [0, 0.1) is 5.41 Å². The van der Waals surface area contributed by atoms with Crippen molar-refractivity contribution in [3.05, 3.63) is 308 Å². The number of allylic oxidation sites excluding steroid dienone is 2. The van der Waals surface area contributed by atoms with E-state index in [-0.39, 0.29) is 22.5 Å². The number of hydrazine groups is 1. The Labute approximate surface area is 614 Å². The molecule has 21 rings (SSSR count). The van der Waals surface area contributed by atoms with Crippen LogP contribution in [0.5, 0.6) is 0 Å². The number of aromatic nitrogens is 1. The van der Waals surface area contributed by atoms with Crippen LogP contribution in [0.25, 0.3) is 138 Å². The molecule has 0 saturated carbocycles. The van der Waals surface area contributed by atoms with Crippen LogP contribution in [0.2, 0.25) is 0 Å². The Morgan fingerprint density at radius 1 is 0.519 bits per heavy atom. The van der Waals surface area contributed by atoms with Crippen molar-refractivity contribution in [3.8, 4) is 5.69 Å². The normalized spacial score (nSPS) is 16.4. The number of hydrogen-bond donors (Lipinski definition) is 4. The summed E-state index contributed by atoms with van der Waals surface area (Å²) in [7, 11) is 0. The highest BCUT2D eigenvalue weighted by molar-refractivity contribution is 8.09. The second-order valence-electron chi connectivity index (χ2n) is 27.0. The number of hydrogen-bond acceptors (Lipinski definition) is 13. The molecule has 18 aromatic rings. The number of fused-ring (bicyclic) bond motifs is 19. The highest BCUT2D eigenvalue weighted by atomic mass is 32.2. The fourth-order valence-electron chi connectivity index (χ4n) is 16.8. The molecule has 1 fully saturated rings. The van der Waals surface area contributed by atoms with Gasteiger partial charge in [-0.25, -0.2) is 0 Å². The van der Waals surface area contributed by atoms with E-state index in [1.165, 1.54) is 73.4 Å². The van der Waals surface area contributed by atoms with E-state index in [2.05, 4.69) is 303 Å². The highest BCUT2D eigenvalue weighted by Crippen LogP contribution is 2.58. The third kappa shape index (κ3) is 9.69. The highest BCUT2D eigenvalue weighted by Gasteiger charge is 2.37. The van der Waals surface area contributed by atoms with Gasteiger partial charge in [0.2, 0.25) is 0 Å². The monoisotopic (exact) mass is 1420 g/mol. The minimum Gasteiger partial charge on any atom is -0.456 e. The lowest BCUT2D eigenvalue weighted by atomic mass is 10.0. The lowest BCUT2D eigenvalue weighted by molar-refractivity contribution is 0.669. The number of thioether (sulfide) groups is 2. The Hall–Kier alpha value is -11.5. The molecule has 0 aliphatic carbocycles. The third-order valence-corrected chi connectivity index (χ3v) is 26.6. The number of anilines is 5. The molecule has 0 radical (unpaired) electrons. The van der Waals surface area contributed by atoms with E-state index in [1.54, 1.807) is 0 Å². The number of nitrogens with one attached hydrogen (secondary N) is 3. The molecule has 104 heavy (non-hydrogen) atoms. The molecule has 0 amide bonds. The number of thiophene rings is 2. The molecular formula is C90H64N8O2S4. The molecule has 13 aromatic carbocycles. The van der Waals surface area contributed by atoms with Gasteiger partial charge in [0, 0.05) is 114 Å². The van der Waals surface area contributed by atoms with Crippen molar-refractivity contribution in [2.75, 3.05) is 21.2 Å². The number of benzene rings is 13. The van der Waals surface area contributed by atoms with Gasteiger partial charge < -0.3 is 50.1 Å². The maximum Gasteiger partial charge on any atom is 0.137 e. The summed E-state index contributed by atoms with van der Waals surface area (Å²) in [5.41, 5.74) is 29.8. The van der Waals surface area contributed by atoms with E-state index in [0.717, 1.165) is 141 Å². The minimum absolute atomic E-state index is 0.00264. The maximum atomic E-state index is 8.74. The van der Waals surface area contributed by atoms with Crippen LogP contribution in [0.1, 0.15) is 35.6 Å². The van der Waals surface area contributed by atoms with Gasteiger partial charge in [-0.05, 0) is 161 Å². The molecule has 3 aliphatic heterocycles. The van der Waals surface area contributed by atoms with Crippen LogP contribution in [0.15, 0.2) is 306 Å². The van der Waals surface area contributed by atoms with Crippen LogP contribution < -0.4 is 31.3 Å². The molecule has 5 aromatic heterocycles. The van der Waals surface area contributed by atoms with Gasteiger partial charge in [-0.1, -0.05) is 164 Å². The summed E-state index contributed by atoms with van der Waals surface area (Å²) >= 11 is 7.71. The SMILES string of the molecule is N=C/C=C(\CN)N(c1cc2c(c3sc4ccccc4c13)c1c3sc4ccccc4c3c(N(C3=CNNC=C3)C3CC=C(c4ccccc4)S3)cc1n2-c1ccc(N(c2cccc3oc4cc5ccccc5cc4c23)c2cccc3oc4cc5ccccc5cc4c23)cc1)C1CCC(c2ccccc2)S1. The quantitative estimate of drug-likeness (QED) is 0.0785. The molecule has 8 heterocycles. The summed E-state index contributed by atoms with van der Waals surface area (Å²) in [6, 6.07) is 93.1. The van der Waals surface area contributed by atoms with Gasteiger partial charge in [0.1, 0.15) is 22.3 Å². The first-order valence-electron chi connectivity index (χ1n) is 35.3. The zero-order valence-corrected chi connectivity index (χ0v) is 59.4. The predicted octanol–water partition coefficient (Wildman–Crippen LogP) is 24.8. The van der Waals surface area contributed by atoms with Crippen molar-refractivity contribution in [1.29, 1.82) is 5.41 Å². The first kappa shape index (κ1) is 61.2. The fourth-order valence-corrected chi connectivity index (χ4v) is 22.2. The van der Waals surface area contributed by atoms with Crippen molar-refractivity contribution >= 4 is 213 Å². The van der Waals surface area contributed by atoms with E-state index in [9.17, 15) is 0 Å². The van der Waals surface area contributed by atoms with Gasteiger partial charge in [0.15, 0.2) is 0 Å². The average molecular weight is 1420 g/mol. The lowest BCUT2D eigenvalue weighted by Gasteiger charge is -2.34. The molecule has 14 heteroatoms. The Bertz CT molecular complexity index is 6570. The standard InChI is InChI=1S/C90H64N8O2S4/c91-43-41-61(51-92)97(81-39-37-77(101-81)53-17-3-1-4-18-53)69-49-71-87(89-85(69)63-25-11-13-31-79(63)103-89)88-72(50-70(86-64-26-12-14-32-80(64)104-90(86)88)98(62-42-44-93-94-52-62)82-40-38-78(102-82)54-19-5-2-6-20-54)96(71)60-35-33-59(34-36-60)95(67-27-15-29-73-83(67)65-45-55-21-7-9-23-57(55)47-75(65)99-73)68-28-16-30-74-84(68)66-46-56-22-8-10-24-58(56)48-76(66)100-74/h1-36,38,41-50,52,77,81-82,91,93-94H,37,39-40,51,92H2/b61-41+,91-43?. The van der Waals surface area contributed by atoms with Gasteiger partial charge in [-0.2, -0.15) is 0 Å². The van der Waals surface area contributed by atoms with Crippen molar-refractivity contribution in [2.45, 2.75) is 35.3 Å². The minimum atomic E-state index is 0.00264. The van der Waals surface area contributed by atoms with E-state index in [0.29, 0.717) is 0 Å². The van der Waals surface area contributed by atoms with Gasteiger partial charge >= 0.3 is 0 Å². The zero-order valence-electron chi connectivity index (χ0n) is 56.1. The third-order valence-electron chi connectivity index (χ3n) is 21.3. The zero-order chi connectivity index (χ0) is 68.7. The average Bonchev–Trinajstić information content (AvgIpc) is 1.52. The molecule has 3 atom stereocenters. The first-order chi connectivity index (χ1) is 51.5. The molecule has 0 spiro atoms. The molecule has 3 aliphatic rings. The number of nitrogens with two attached hydrogens (primary N) is 1. The van der Waals surface area contributed by atoms with Crippen LogP contribution in [-0.2, 0) is 0 Å². The molecule has 5 N–H and O–H groups in total. The molecule has 0 bridgehead atoms. The van der Waals surface area contributed by atoms with Crippen LogP contribution in [0.3, 0.4) is 0 Å². The van der Waals surface area contributed by atoms with E-state index in [4.69, 9.17) is 20.0 Å². The second kappa shape index (κ2) is 24.6. The molecule has 1 saturated heterocycles. The topological polar surface area (TPSA) is 115 Å². The van der Waals surface area contributed by atoms with Crippen molar-refractivity contribution < 1.29 is 8.83 Å². The number of rotatable bonds is 14. The van der Waals surface area contributed by atoms with Crippen LogP contribution in [0.4, 0.5) is 28.4 Å². The Morgan fingerprint density at radius 3 is 1.68 bits per heavy atom. The van der Waals surface area contributed by atoms with Gasteiger partial charge in [-0.15, -0.1) is 46.2 Å². The largest absolute Gasteiger partial charge is 0.456 e. The Balaban J connectivity index is 0.860. The maximum absolute atomic E-state index is 8.74. The fraction of sp³-hybridized carbons (Fsp3) is 0.0778. The summed E-state index contributed by atoms with van der Waals surface area (Å²) in [5.74, 6) is 0. The summed E-state index contributed by atoms with van der Waals surface area (Å²) in [4.78, 5) is 8.82. The summed E-state index contributed by atoms with van der Waals surface area (Å²) < 4.78 is 21.3. The summed E-state index contributed by atoms with van der Waals surface area (Å²) in [6.45, 7) is 0.249. The molecular weight excluding hydrogens is 1350 g/mol. The predicted molar refractivity (Wildman–Crippen MR) is 445 cm³/mol. The summed E-state index contributed by atoms with van der Waals surface area (Å²) in [5, 5.41) is 25.0. The summed E-state index contributed by atoms with van der Waals surface area (Å²) in [6.07, 6.45) is 14.8. The van der Waals surface area contributed by atoms with Crippen LogP contribution in [-0.4, -0.2) is 28.1 Å². The Kier molecular flexibility index (Phi) is 14.5. The number of furan rings is 2. The smallest absolute Gasteiger partial charge is 0.137 e. The van der Waals surface area contributed by atoms with Gasteiger partial charge in [0.05, 0.1) is 61.0 Å². The van der Waals surface area contributed by atoms with Crippen molar-refractivity contribution in [1.82, 2.24) is 15.4 Å². The lowest BCUT2D eigenvalue weighted by Crippen LogP contribution is -2.35. The second-order valence-corrected chi connectivity index (χ2v) is 31.7. The first-order valence-corrected chi connectivity index (χ1v) is 38.8. The van der Waals surface area contributed by atoms with E-state index in [1.807, 2.05) is 58.5 Å². The number of nitrogens with zero attached hydrogens (tertiary/aromatic N) is 4.